The van der Waals surface area contributed by atoms with E-state index in [-0.39, 0.29) is 5.82 Å². The second-order valence-corrected chi connectivity index (χ2v) is 2.98. The molecule has 2 N–H and O–H groups in total. The van der Waals surface area contributed by atoms with Crippen molar-refractivity contribution in [2.75, 3.05) is 5.73 Å². The normalized spacial score (nSPS) is 9.38. The Balaban J connectivity index is 2.59. The molecule has 0 aliphatic rings. The Kier molecular flexibility index (Phi) is 2.25. The van der Waals surface area contributed by atoms with Crippen molar-refractivity contribution < 1.29 is 0 Å². The van der Waals surface area contributed by atoms with Crippen molar-refractivity contribution >= 4 is 5.69 Å². The first kappa shape index (κ1) is 9.69. The lowest BCUT2D eigenvalue weighted by molar-refractivity contribution is 0.970. The van der Waals surface area contributed by atoms with Crippen LogP contribution in [0.1, 0.15) is 11.4 Å². The summed E-state index contributed by atoms with van der Waals surface area (Å²) >= 11 is 0. The molecule has 2 rings (SSSR count). The maximum Gasteiger partial charge on any atom is 0.218 e. The highest BCUT2D eigenvalue weighted by atomic mass is 15.1. The molecule has 2 heterocycles. The third-order valence-electron chi connectivity index (χ3n) is 1.99. The predicted octanol–water partition coefficient (Wildman–Crippen LogP) is 0.593. The Morgan fingerprint density at radius 2 is 2.06 bits per heavy atom. The summed E-state index contributed by atoms with van der Waals surface area (Å²) in [7, 11) is 0. The molecule has 0 aliphatic heterocycles. The fourth-order valence-electron chi connectivity index (χ4n) is 1.29. The molecular formula is C10H6N6. The molecule has 0 fully saturated rings. The van der Waals surface area contributed by atoms with Gasteiger partial charge >= 0.3 is 0 Å². The molecule has 0 aliphatic carbocycles. The van der Waals surface area contributed by atoms with Crippen molar-refractivity contribution in [3.63, 3.8) is 0 Å². The van der Waals surface area contributed by atoms with Crippen LogP contribution in [0.2, 0.25) is 0 Å². The van der Waals surface area contributed by atoms with E-state index in [1.165, 1.54) is 23.0 Å². The van der Waals surface area contributed by atoms with Crippen LogP contribution in [-0.2, 0) is 0 Å². The molecule has 76 valence electrons. The molecule has 0 unspecified atom stereocenters. The lowest BCUT2D eigenvalue weighted by Crippen LogP contribution is -2.04. The summed E-state index contributed by atoms with van der Waals surface area (Å²) in [4.78, 5) is 7.86. The van der Waals surface area contributed by atoms with E-state index in [1.54, 1.807) is 6.20 Å². The molecule has 2 aromatic heterocycles. The van der Waals surface area contributed by atoms with Gasteiger partial charge in [-0.3, -0.25) is 4.57 Å². The number of imidazole rings is 1. The molecule has 0 saturated heterocycles. The monoisotopic (exact) mass is 210 g/mol. The second-order valence-electron chi connectivity index (χ2n) is 2.98. The van der Waals surface area contributed by atoms with Gasteiger partial charge < -0.3 is 5.73 Å². The molecule has 0 aromatic carbocycles. The Morgan fingerprint density at radius 1 is 1.25 bits per heavy atom. The van der Waals surface area contributed by atoms with Gasteiger partial charge in [0.05, 0.1) is 11.3 Å². The van der Waals surface area contributed by atoms with Crippen molar-refractivity contribution in [2.45, 2.75) is 0 Å². The first-order valence-corrected chi connectivity index (χ1v) is 4.35. The largest absolute Gasteiger partial charge is 0.396 e. The average molecular weight is 210 g/mol. The second kappa shape index (κ2) is 3.71. The van der Waals surface area contributed by atoms with Crippen LogP contribution in [0.15, 0.2) is 24.7 Å². The summed E-state index contributed by atoms with van der Waals surface area (Å²) in [6.45, 7) is 0. The summed E-state index contributed by atoms with van der Waals surface area (Å²) in [6.07, 6.45) is 4.47. The zero-order chi connectivity index (χ0) is 11.5. The van der Waals surface area contributed by atoms with Crippen LogP contribution in [0.4, 0.5) is 5.69 Å². The summed E-state index contributed by atoms with van der Waals surface area (Å²) in [5.41, 5.74) is 6.44. The number of nitrogens with zero attached hydrogens (tertiary/aromatic N) is 5. The van der Waals surface area contributed by atoms with E-state index in [9.17, 15) is 0 Å². The van der Waals surface area contributed by atoms with Gasteiger partial charge in [0.25, 0.3) is 0 Å². The van der Waals surface area contributed by atoms with Gasteiger partial charge in [-0.05, 0) is 6.07 Å². The number of rotatable bonds is 1. The van der Waals surface area contributed by atoms with Crippen LogP contribution in [-0.4, -0.2) is 14.5 Å². The van der Waals surface area contributed by atoms with Crippen LogP contribution in [0.5, 0.6) is 0 Å². The van der Waals surface area contributed by atoms with E-state index in [1.807, 2.05) is 12.1 Å². The maximum absolute atomic E-state index is 8.81. The first-order chi connectivity index (χ1) is 7.76. The van der Waals surface area contributed by atoms with Crippen molar-refractivity contribution in [3.05, 3.63) is 36.0 Å². The van der Waals surface area contributed by atoms with Crippen molar-refractivity contribution in [1.82, 2.24) is 14.5 Å². The standard InChI is InChI=1S/C10H6N6/c11-4-7-3-8(13)10(15-6-7)16-2-1-14-9(16)5-12/h1-3,6H,13H2. The Labute approximate surface area is 91.2 Å². The minimum absolute atomic E-state index is 0.198. The Bertz CT molecular complexity index is 613. The number of aromatic nitrogens is 3. The highest BCUT2D eigenvalue weighted by Gasteiger charge is 2.09. The number of nitriles is 2. The van der Waals surface area contributed by atoms with E-state index in [4.69, 9.17) is 16.3 Å². The maximum atomic E-state index is 8.81. The number of anilines is 1. The molecule has 0 amide bonds. The first-order valence-electron chi connectivity index (χ1n) is 4.35. The predicted molar refractivity (Wildman–Crippen MR) is 55.2 cm³/mol. The molecule has 0 radical (unpaired) electrons. The highest BCUT2D eigenvalue weighted by Crippen LogP contribution is 2.16. The van der Waals surface area contributed by atoms with E-state index in [0.29, 0.717) is 17.1 Å². The zero-order valence-corrected chi connectivity index (χ0v) is 8.12. The summed E-state index contributed by atoms with van der Waals surface area (Å²) in [5, 5.41) is 17.5. The van der Waals surface area contributed by atoms with Crippen LogP contribution >= 0.6 is 0 Å². The van der Waals surface area contributed by atoms with Gasteiger partial charge in [0.15, 0.2) is 5.82 Å². The Hall–Kier alpha value is -2.86. The number of nitrogens with two attached hydrogens (primary N) is 1. The van der Waals surface area contributed by atoms with Crippen LogP contribution in [0.3, 0.4) is 0 Å². The van der Waals surface area contributed by atoms with Crippen LogP contribution < -0.4 is 5.73 Å². The van der Waals surface area contributed by atoms with Gasteiger partial charge in [-0.2, -0.15) is 10.5 Å². The van der Waals surface area contributed by atoms with E-state index < -0.39 is 0 Å². The molecule has 0 bridgehead atoms. The van der Waals surface area contributed by atoms with E-state index in [2.05, 4.69) is 9.97 Å². The quantitative estimate of drug-likeness (QED) is 0.741. The molecule has 0 spiro atoms. The minimum Gasteiger partial charge on any atom is -0.396 e. The summed E-state index contributed by atoms with van der Waals surface area (Å²) < 4.78 is 1.47. The molecular weight excluding hydrogens is 204 g/mol. The highest BCUT2D eigenvalue weighted by molar-refractivity contribution is 5.57. The third kappa shape index (κ3) is 1.45. The van der Waals surface area contributed by atoms with E-state index in [0.717, 1.165) is 0 Å². The Morgan fingerprint density at radius 3 is 2.69 bits per heavy atom. The number of hydrogen-bond acceptors (Lipinski definition) is 5. The van der Waals surface area contributed by atoms with Crippen molar-refractivity contribution in [3.8, 4) is 18.0 Å². The van der Waals surface area contributed by atoms with Gasteiger partial charge in [-0.1, -0.05) is 0 Å². The van der Waals surface area contributed by atoms with Gasteiger partial charge in [0, 0.05) is 18.6 Å². The average Bonchev–Trinajstić information content (AvgIpc) is 2.76. The minimum atomic E-state index is 0.198. The topological polar surface area (TPSA) is 104 Å². The van der Waals surface area contributed by atoms with Gasteiger partial charge in [-0.25, -0.2) is 9.97 Å². The zero-order valence-electron chi connectivity index (χ0n) is 8.12. The summed E-state index contributed by atoms with van der Waals surface area (Å²) in [5.74, 6) is 0.594. The molecule has 6 nitrogen and oxygen atoms in total. The SMILES string of the molecule is N#Cc1cnc(-n2ccnc2C#N)c(N)c1. The lowest BCUT2D eigenvalue weighted by Gasteiger charge is -2.05. The number of nitrogen functional groups attached to an aromatic ring is 1. The van der Waals surface area contributed by atoms with Crippen LogP contribution in [0, 0.1) is 22.7 Å². The van der Waals surface area contributed by atoms with Crippen molar-refractivity contribution in [1.29, 1.82) is 10.5 Å². The fourth-order valence-corrected chi connectivity index (χ4v) is 1.29. The number of pyridine rings is 1. The molecule has 2 aromatic rings. The van der Waals surface area contributed by atoms with E-state index >= 15 is 0 Å². The smallest absolute Gasteiger partial charge is 0.218 e. The fraction of sp³-hybridized carbons (Fsp3) is 0. The molecule has 0 saturated carbocycles. The summed E-state index contributed by atoms with van der Waals surface area (Å²) in [6, 6.07) is 5.36. The van der Waals surface area contributed by atoms with Gasteiger partial charge in [-0.15, -0.1) is 0 Å². The number of hydrogen-bond donors (Lipinski definition) is 1. The third-order valence-corrected chi connectivity index (χ3v) is 1.99. The molecule has 6 heteroatoms. The molecule has 0 atom stereocenters. The molecule has 16 heavy (non-hydrogen) atoms. The van der Waals surface area contributed by atoms with Crippen LogP contribution in [0.25, 0.3) is 5.82 Å². The van der Waals surface area contributed by atoms with Crippen molar-refractivity contribution in [2.24, 2.45) is 0 Å². The lowest BCUT2D eigenvalue weighted by atomic mass is 10.3. The van der Waals surface area contributed by atoms with Gasteiger partial charge in [0.2, 0.25) is 5.82 Å². The van der Waals surface area contributed by atoms with Gasteiger partial charge in [0.1, 0.15) is 12.1 Å².